The van der Waals surface area contributed by atoms with Crippen molar-refractivity contribution in [2.75, 3.05) is 6.54 Å². The van der Waals surface area contributed by atoms with Crippen LogP contribution in [0.25, 0.3) is 10.9 Å². The van der Waals surface area contributed by atoms with Crippen LogP contribution in [0.4, 0.5) is 5.69 Å². The van der Waals surface area contributed by atoms with Gasteiger partial charge < -0.3 is 4.74 Å². The fraction of sp³-hybridized carbons (Fsp3) is 0.412. The van der Waals surface area contributed by atoms with Gasteiger partial charge in [0.2, 0.25) is 0 Å². The van der Waals surface area contributed by atoms with Crippen LogP contribution in [0.15, 0.2) is 35.5 Å². The van der Waals surface area contributed by atoms with Crippen molar-refractivity contribution in [3.63, 3.8) is 0 Å². The molecule has 0 amide bonds. The summed E-state index contributed by atoms with van der Waals surface area (Å²) in [6.07, 6.45) is 6.72. The lowest BCUT2D eigenvalue weighted by Crippen LogP contribution is -2.53. The average molecular weight is 283 g/mol. The van der Waals surface area contributed by atoms with Gasteiger partial charge >= 0.3 is 0 Å². The lowest BCUT2D eigenvalue weighted by molar-refractivity contribution is 0.0951. The van der Waals surface area contributed by atoms with Gasteiger partial charge in [0.05, 0.1) is 11.7 Å². The molecule has 0 saturated carbocycles. The van der Waals surface area contributed by atoms with Crippen LogP contribution in [0.1, 0.15) is 33.1 Å². The van der Waals surface area contributed by atoms with E-state index >= 15 is 0 Å². The van der Waals surface area contributed by atoms with E-state index in [9.17, 15) is 0 Å². The first-order chi connectivity index (χ1) is 10.3. The number of nitrogens with zero attached hydrogens (tertiary/aromatic N) is 2. The number of hydrogen-bond acceptors (Lipinski definition) is 4. The quantitative estimate of drug-likeness (QED) is 0.907. The number of aromatic nitrogens is 1. The van der Waals surface area contributed by atoms with Crippen molar-refractivity contribution in [3.8, 4) is 5.75 Å². The Hall–Kier alpha value is -1.94. The molecular formula is C17H21N3O. The Morgan fingerprint density at radius 1 is 1.19 bits per heavy atom. The number of rotatable bonds is 5. The second-order valence-corrected chi connectivity index (χ2v) is 5.41. The highest BCUT2D eigenvalue weighted by Crippen LogP contribution is 2.39. The fourth-order valence-electron chi connectivity index (χ4n) is 2.72. The molecule has 0 fully saturated rings. The molecule has 3 rings (SSSR count). The largest absolute Gasteiger partial charge is 0.465 e. The van der Waals surface area contributed by atoms with Gasteiger partial charge in [0.25, 0.3) is 0 Å². The monoisotopic (exact) mass is 283 g/mol. The van der Waals surface area contributed by atoms with Gasteiger partial charge in [-0.2, -0.15) is 0 Å². The molecule has 1 unspecified atom stereocenters. The molecule has 0 radical (unpaired) electrons. The Labute approximate surface area is 125 Å². The molecule has 1 N–H and O–H groups in total. The van der Waals surface area contributed by atoms with E-state index in [2.05, 4.69) is 24.1 Å². The fourth-order valence-corrected chi connectivity index (χ4v) is 2.72. The van der Waals surface area contributed by atoms with Crippen molar-refractivity contribution in [1.29, 1.82) is 0 Å². The summed E-state index contributed by atoms with van der Waals surface area (Å²) in [6.45, 7) is 5.22. The average Bonchev–Trinajstić information content (AvgIpc) is 2.53. The van der Waals surface area contributed by atoms with Crippen LogP contribution in [0, 0.1) is 0 Å². The van der Waals surface area contributed by atoms with E-state index in [4.69, 9.17) is 9.73 Å². The van der Waals surface area contributed by atoms with Crippen LogP contribution in [0.3, 0.4) is 0 Å². The molecule has 1 atom stereocenters. The van der Waals surface area contributed by atoms with Crippen molar-refractivity contribution >= 4 is 22.8 Å². The lowest BCUT2D eigenvalue weighted by atomic mass is 10.1. The SMILES string of the molecule is CCCNC1(CCC)C=Nc2c(ccc3ncccc23)O1. The summed E-state index contributed by atoms with van der Waals surface area (Å²) >= 11 is 0. The van der Waals surface area contributed by atoms with Crippen molar-refractivity contribution in [2.24, 2.45) is 4.99 Å². The lowest BCUT2D eigenvalue weighted by Gasteiger charge is -2.35. The van der Waals surface area contributed by atoms with Gasteiger partial charge in [-0.1, -0.05) is 20.3 Å². The number of pyridine rings is 1. The third-order valence-corrected chi connectivity index (χ3v) is 3.71. The summed E-state index contributed by atoms with van der Waals surface area (Å²) in [4.78, 5) is 9.06. The molecule has 110 valence electrons. The van der Waals surface area contributed by atoms with E-state index in [0.29, 0.717) is 0 Å². The van der Waals surface area contributed by atoms with Crippen molar-refractivity contribution < 1.29 is 4.74 Å². The molecule has 2 heterocycles. The zero-order valence-electron chi connectivity index (χ0n) is 12.6. The highest BCUT2D eigenvalue weighted by Gasteiger charge is 2.33. The summed E-state index contributed by atoms with van der Waals surface area (Å²) in [6, 6.07) is 7.93. The van der Waals surface area contributed by atoms with Gasteiger partial charge in [0.15, 0.2) is 5.72 Å². The van der Waals surface area contributed by atoms with Gasteiger partial charge in [0.1, 0.15) is 11.4 Å². The molecule has 0 aliphatic carbocycles. The van der Waals surface area contributed by atoms with Crippen molar-refractivity contribution in [2.45, 2.75) is 38.8 Å². The number of ether oxygens (including phenoxy) is 1. The Kier molecular flexibility index (Phi) is 3.88. The molecule has 1 aliphatic heterocycles. The molecule has 0 bridgehead atoms. The number of benzene rings is 1. The first-order valence-electron chi connectivity index (χ1n) is 7.65. The molecular weight excluding hydrogens is 262 g/mol. The van der Waals surface area contributed by atoms with E-state index in [1.807, 2.05) is 30.5 Å². The van der Waals surface area contributed by atoms with E-state index in [1.165, 1.54) is 0 Å². The second-order valence-electron chi connectivity index (χ2n) is 5.41. The molecule has 2 aromatic rings. The van der Waals surface area contributed by atoms with Gasteiger partial charge in [-0.05, 0) is 37.2 Å². The highest BCUT2D eigenvalue weighted by atomic mass is 16.5. The molecule has 1 aromatic heterocycles. The Morgan fingerprint density at radius 3 is 2.90 bits per heavy atom. The summed E-state index contributed by atoms with van der Waals surface area (Å²) in [5.74, 6) is 0.829. The van der Waals surface area contributed by atoms with Gasteiger partial charge in [-0.25, -0.2) is 0 Å². The van der Waals surface area contributed by atoms with E-state index in [1.54, 1.807) is 6.20 Å². The van der Waals surface area contributed by atoms with E-state index in [0.717, 1.165) is 48.1 Å². The zero-order valence-corrected chi connectivity index (χ0v) is 12.6. The maximum absolute atomic E-state index is 6.28. The third kappa shape index (κ3) is 2.63. The topological polar surface area (TPSA) is 46.5 Å². The Balaban J connectivity index is 2.01. The van der Waals surface area contributed by atoms with Crippen LogP contribution in [0.5, 0.6) is 5.75 Å². The van der Waals surface area contributed by atoms with E-state index in [-0.39, 0.29) is 0 Å². The first-order valence-corrected chi connectivity index (χ1v) is 7.65. The summed E-state index contributed by atoms with van der Waals surface area (Å²) < 4.78 is 6.28. The maximum Gasteiger partial charge on any atom is 0.197 e. The maximum atomic E-state index is 6.28. The molecule has 1 aromatic carbocycles. The predicted molar refractivity (Wildman–Crippen MR) is 86.5 cm³/mol. The number of aliphatic imine (C=N–C) groups is 1. The highest BCUT2D eigenvalue weighted by molar-refractivity contribution is 5.96. The summed E-state index contributed by atoms with van der Waals surface area (Å²) in [5.41, 5.74) is 1.35. The van der Waals surface area contributed by atoms with Crippen LogP contribution >= 0.6 is 0 Å². The summed E-state index contributed by atoms with van der Waals surface area (Å²) in [5, 5.41) is 4.52. The molecule has 0 spiro atoms. The van der Waals surface area contributed by atoms with Crippen LogP contribution in [-0.4, -0.2) is 23.5 Å². The Bertz CT molecular complexity index is 668. The normalized spacial score (nSPS) is 20.3. The van der Waals surface area contributed by atoms with Crippen LogP contribution in [-0.2, 0) is 0 Å². The minimum absolute atomic E-state index is 0.479. The molecule has 21 heavy (non-hydrogen) atoms. The Morgan fingerprint density at radius 2 is 2.10 bits per heavy atom. The zero-order chi connectivity index (χ0) is 14.7. The molecule has 1 aliphatic rings. The van der Waals surface area contributed by atoms with Crippen LogP contribution in [0.2, 0.25) is 0 Å². The minimum atomic E-state index is -0.479. The van der Waals surface area contributed by atoms with Crippen molar-refractivity contribution in [3.05, 3.63) is 30.5 Å². The number of hydrogen-bond donors (Lipinski definition) is 1. The smallest absolute Gasteiger partial charge is 0.197 e. The van der Waals surface area contributed by atoms with Crippen molar-refractivity contribution in [1.82, 2.24) is 10.3 Å². The molecule has 4 nitrogen and oxygen atoms in total. The minimum Gasteiger partial charge on any atom is -0.465 e. The third-order valence-electron chi connectivity index (χ3n) is 3.71. The van der Waals surface area contributed by atoms with E-state index < -0.39 is 5.72 Å². The van der Waals surface area contributed by atoms with Gasteiger partial charge in [0, 0.05) is 18.0 Å². The van der Waals surface area contributed by atoms with Gasteiger partial charge in [-0.3, -0.25) is 15.3 Å². The molecule has 0 saturated heterocycles. The number of nitrogens with one attached hydrogen (secondary N) is 1. The predicted octanol–water partition coefficient (Wildman–Crippen LogP) is 3.83. The standard InChI is InChI=1S/C17H21N3O/c1-3-9-17(20-10-4-2)12-19-16-13-6-5-11-18-14(13)7-8-15(16)21-17/h5-8,11-12,20H,3-4,9-10H2,1-2H3. The summed E-state index contributed by atoms with van der Waals surface area (Å²) in [7, 11) is 0. The first kappa shape index (κ1) is 14.0. The second kappa shape index (κ2) is 5.82. The number of fused-ring (bicyclic) bond motifs is 3. The van der Waals surface area contributed by atoms with Crippen LogP contribution < -0.4 is 10.1 Å². The molecule has 4 heteroatoms. The van der Waals surface area contributed by atoms with Gasteiger partial charge in [-0.15, -0.1) is 0 Å².